The molecule has 0 atom stereocenters. The van der Waals surface area contributed by atoms with Crippen LogP contribution < -0.4 is 5.32 Å². The summed E-state index contributed by atoms with van der Waals surface area (Å²) in [6.45, 7) is 3.89. The molecule has 0 radical (unpaired) electrons. The van der Waals surface area contributed by atoms with Crippen LogP contribution in [0.2, 0.25) is 0 Å². The fourth-order valence-electron chi connectivity index (χ4n) is 2.47. The first-order valence-electron chi connectivity index (χ1n) is 6.61. The van der Waals surface area contributed by atoms with Gasteiger partial charge in [-0.05, 0) is 38.3 Å². The van der Waals surface area contributed by atoms with Gasteiger partial charge in [0.1, 0.15) is 0 Å². The first kappa shape index (κ1) is 12.6. The largest absolute Gasteiger partial charge is 0.372 e. The minimum Gasteiger partial charge on any atom is -0.372 e. The summed E-state index contributed by atoms with van der Waals surface area (Å²) in [5, 5.41) is 7.83. The monoisotopic (exact) mass is 237 g/mol. The molecule has 4 nitrogen and oxygen atoms in total. The van der Waals surface area contributed by atoms with E-state index in [1.807, 2.05) is 24.0 Å². The number of aromatic nitrogens is 2. The van der Waals surface area contributed by atoms with Gasteiger partial charge in [0.05, 0.1) is 18.4 Å². The normalized spacial score (nSPS) is 25.1. The van der Waals surface area contributed by atoms with Crippen molar-refractivity contribution in [2.24, 2.45) is 7.05 Å². The number of nitrogens with zero attached hydrogens (tertiary/aromatic N) is 2. The van der Waals surface area contributed by atoms with Gasteiger partial charge in [-0.15, -0.1) is 0 Å². The molecular formula is C13H23N3O. The third kappa shape index (κ3) is 3.82. The van der Waals surface area contributed by atoms with Gasteiger partial charge < -0.3 is 10.1 Å². The lowest BCUT2D eigenvalue weighted by Gasteiger charge is -2.28. The van der Waals surface area contributed by atoms with Gasteiger partial charge in [-0.3, -0.25) is 4.68 Å². The van der Waals surface area contributed by atoms with Crippen molar-refractivity contribution in [3.8, 4) is 0 Å². The summed E-state index contributed by atoms with van der Waals surface area (Å²) >= 11 is 0. The van der Waals surface area contributed by atoms with Crippen LogP contribution in [0.15, 0.2) is 12.3 Å². The summed E-state index contributed by atoms with van der Waals surface area (Å²) in [6.07, 6.45) is 7.20. The van der Waals surface area contributed by atoms with E-state index in [4.69, 9.17) is 4.74 Å². The molecule has 1 N–H and O–H groups in total. The standard InChI is InChI=1S/C13H23N3O/c1-3-14-11-4-6-13(7-5-11)17-10-12-8-9-16(2)15-12/h8-9,11,13-14H,3-7,10H2,1-2H3. The highest BCUT2D eigenvalue weighted by Crippen LogP contribution is 2.21. The topological polar surface area (TPSA) is 39.1 Å². The zero-order chi connectivity index (χ0) is 12.1. The summed E-state index contributed by atoms with van der Waals surface area (Å²) < 4.78 is 7.73. The molecular weight excluding hydrogens is 214 g/mol. The fourth-order valence-corrected chi connectivity index (χ4v) is 2.47. The second-order valence-electron chi connectivity index (χ2n) is 4.82. The maximum Gasteiger partial charge on any atom is 0.0910 e. The lowest BCUT2D eigenvalue weighted by Crippen LogP contribution is -2.35. The molecule has 1 aliphatic rings. The number of hydrogen-bond acceptors (Lipinski definition) is 3. The van der Waals surface area contributed by atoms with E-state index in [0.717, 1.165) is 12.2 Å². The van der Waals surface area contributed by atoms with E-state index in [1.165, 1.54) is 25.7 Å². The summed E-state index contributed by atoms with van der Waals surface area (Å²) in [7, 11) is 1.94. The van der Waals surface area contributed by atoms with Crippen molar-refractivity contribution in [3.63, 3.8) is 0 Å². The first-order chi connectivity index (χ1) is 8.28. The lowest BCUT2D eigenvalue weighted by atomic mass is 9.93. The molecule has 1 aliphatic carbocycles. The van der Waals surface area contributed by atoms with Gasteiger partial charge in [-0.1, -0.05) is 6.92 Å². The SMILES string of the molecule is CCNC1CCC(OCc2ccn(C)n2)CC1. The molecule has 1 aromatic heterocycles. The van der Waals surface area contributed by atoms with E-state index >= 15 is 0 Å². The number of rotatable bonds is 5. The molecule has 1 aromatic rings. The van der Waals surface area contributed by atoms with Crippen molar-refractivity contribution in [2.45, 2.75) is 51.4 Å². The molecule has 0 saturated heterocycles. The van der Waals surface area contributed by atoms with Crippen LogP contribution >= 0.6 is 0 Å². The predicted molar refractivity (Wildman–Crippen MR) is 67.7 cm³/mol. The Hall–Kier alpha value is -0.870. The number of ether oxygens (including phenoxy) is 1. The molecule has 0 spiro atoms. The summed E-state index contributed by atoms with van der Waals surface area (Å²) in [5.41, 5.74) is 1.03. The van der Waals surface area contributed by atoms with E-state index in [1.54, 1.807) is 0 Å². The number of hydrogen-bond donors (Lipinski definition) is 1. The Morgan fingerprint density at radius 3 is 2.76 bits per heavy atom. The van der Waals surface area contributed by atoms with Crippen molar-refractivity contribution in [1.82, 2.24) is 15.1 Å². The van der Waals surface area contributed by atoms with Crippen LogP contribution in [0, 0.1) is 0 Å². The van der Waals surface area contributed by atoms with E-state index < -0.39 is 0 Å². The van der Waals surface area contributed by atoms with Crippen molar-refractivity contribution in [3.05, 3.63) is 18.0 Å². The molecule has 96 valence electrons. The van der Waals surface area contributed by atoms with Crippen molar-refractivity contribution in [1.29, 1.82) is 0 Å². The van der Waals surface area contributed by atoms with E-state index in [-0.39, 0.29) is 0 Å². The second-order valence-corrected chi connectivity index (χ2v) is 4.82. The molecule has 0 bridgehead atoms. The first-order valence-corrected chi connectivity index (χ1v) is 6.61. The maximum absolute atomic E-state index is 5.91. The van der Waals surface area contributed by atoms with Crippen LogP contribution in [0.4, 0.5) is 0 Å². The summed E-state index contributed by atoms with van der Waals surface area (Å²) in [6, 6.07) is 2.72. The average molecular weight is 237 g/mol. The summed E-state index contributed by atoms with van der Waals surface area (Å²) in [5.74, 6) is 0. The maximum atomic E-state index is 5.91. The molecule has 4 heteroatoms. The molecule has 17 heavy (non-hydrogen) atoms. The van der Waals surface area contributed by atoms with Crippen LogP contribution in [-0.2, 0) is 18.4 Å². The summed E-state index contributed by atoms with van der Waals surface area (Å²) in [4.78, 5) is 0. The van der Waals surface area contributed by atoms with Crippen LogP contribution in [0.3, 0.4) is 0 Å². The van der Waals surface area contributed by atoms with Crippen LogP contribution in [0.25, 0.3) is 0 Å². The van der Waals surface area contributed by atoms with E-state index in [9.17, 15) is 0 Å². The third-order valence-corrected chi connectivity index (χ3v) is 3.40. The lowest BCUT2D eigenvalue weighted by molar-refractivity contribution is 0.00975. The van der Waals surface area contributed by atoms with Crippen molar-refractivity contribution in [2.75, 3.05) is 6.54 Å². The van der Waals surface area contributed by atoms with Crippen LogP contribution in [0.5, 0.6) is 0 Å². The molecule has 0 amide bonds. The van der Waals surface area contributed by atoms with Gasteiger partial charge >= 0.3 is 0 Å². The Morgan fingerprint density at radius 1 is 1.41 bits per heavy atom. The fraction of sp³-hybridized carbons (Fsp3) is 0.769. The van der Waals surface area contributed by atoms with Gasteiger partial charge in [-0.2, -0.15) is 5.10 Å². The number of nitrogens with one attached hydrogen (secondary N) is 1. The van der Waals surface area contributed by atoms with E-state index in [0.29, 0.717) is 18.8 Å². The van der Waals surface area contributed by atoms with E-state index in [2.05, 4.69) is 17.3 Å². The Labute approximate surface area is 103 Å². The quantitative estimate of drug-likeness (QED) is 0.849. The van der Waals surface area contributed by atoms with Gasteiger partial charge in [-0.25, -0.2) is 0 Å². The predicted octanol–water partition coefficient (Wildman–Crippen LogP) is 1.86. The van der Waals surface area contributed by atoms with Gasteiger partial charge in [0.15, 0.2) is 0 Å². The Bertz CT molecular complexity index is 329. The molecule has 0 unspecified atom stereocenters. The Morgan fingerprint density at radius 2 is 2.18 bits per heavy atom. The smallest absolute Gasteiger partial charge is 0.0910 e. The molecule has 0 aromatic carbocycles. The van der Waals surface area contributed by atoms with Gasteiger partial charge in [0, 0.05) is 19.3 Å². The van der Waals surface area contributed by atoms with Crippen molar-refractivity contribution >= 4 is 0 Å². The van der Waals surface area contributed by atoms with Crippen LogP contribution in [0.1, 0.15) is 38.3 Å². The third-order valence-electron chi connectivity index (χ3n) is 3.40. The zero-order valence-electron chi connectivity index (χ0n) is 10.9. The highest BCUT2D eigenvalue weighted by Gasteiger charge is 2.20. The second kappa shape index (κ2) is 6.17. The molecule has 1 saturated carbocycles. The zero-order valence-corrected chi connectivity index (χ0v) is 10.9. The minimum atomic E-state index is 0.423. The van der Waals surface area contributed by atoms with Gasteiger partial charge in [0.2, 0.25) is 0 Å². The molecule has 0 aliphatic heterocycles. The van der Waals surface area contributed by atoms with Crippen LogP contribution in [-0.4, -0.2) is 28.5 Å². The highest BCUT2D eigenvalue weighted by atomic mass is 16.5. The van der Waals surface area contributed by atoms with Crippen molar-refractivity contribution < 1.29 is 4.74 Å². The minimum absolute atomic E-state index is 0.423. The number of aryl methyl sites for hydroxylation is 1. The Kier molecular flexibility index (Phi) is 4.57. The van der Waals surface area contributed by atoms with Gasteiger partial charge in [0.25, 0.3) is 0 Å². The molecule has 1 fully saturated rings. The molecule has 1 heterocycles. The highest BCUT2D eigenvalue weighted by molar-refractivity contribution is 4.96. The molecule has 2 rings (SSSR count). The average Bonchev–Trinajstić information content (AvgIpc) is 2.75. The Balaban J connectivity index is 1.68.